The van der Waals surface area contributed by atoms with Crippen LogP contribution in [0.4, 0.5) is 4.39 Å². The van der Waals surface area contributed by atoms with Gasteiger partial charge in [0.05, 0.1) is 5.02 Å². The standard InChI is InChI=1S/C10H11ClFN5/c11-8-6-7(2-3-9(8)12)10-14-15-16-17(10)5-1-4-13/h2-3,6H,1,4-5,13H2. The first-order valence-electron chi connectivity index (χ1n) is 5.14. The number of benzene rings is 1. The molecule has 0 aliphatic heterocycles. The number of rotatable bonds is 4. The van der Waals surface area contributed by atoms with E-state index in [2.05, 4.69) is 15.5 Å². The van der Waals surface area contributed by atoms with Gasteiger partial charge in [0.15, 0.2) is 5.82 Å². The van der Waals surface area contributed by atoms with Gasteiger partial charge in [0.1, 0.15) is 5.82 Å². The van der Waals surface area contributed by atoms with E-state index in [1.54, 1.807) is 10.7 Å². The summed E-state index contributed by atoms with van der Waals surface area (Å²) >= 11 is 5.71. The molecule has 0 aliphatic carbocycles. The molecule has 2 rings (SSSR count). The van der Waals surface area contributed by atoms with E-state index in [1.165, 1.54) is 12.1 Å². The molecule has 0 saturated carbocycles. The van der Waals surface area contributed by atoms with Crippen molar-refractivity contribution in [1.29, 1.82) is 0 Å². The van der Waals surface area contributed by atoms with Crippen molar-refractivity contribution in [3.05, 3.63) is 29.0 Å². The number of halogens is 2. The first kappa shape index (κ1) is 11.9. The third-order valence-corrected chi connectivity index (χ3v) is 2.57. The predicted octanol–water partition coefficient (Wildman–Crippen LogP) is 1.48. The minimum Gasteiger partial charge on any atom is -0.330 e. The molecule has 1 aromatic heterocycles. The van der Waals surface area contributed by atoms with Crippen molar-refractivity contribution in [3.8, 4) is 11.4 Å². The summed E-state index contributed by atoms with van der Waals surface area (Å²) in [6.45, 7) is 1.18. The van der Waals surface area contributed by atoms with Crippen molar-refractivity contribution in [2.75, 3.05) is 6.54 Å². The average Bonchev–Trinajstić information content (AvgIpc) is 2.78. The highest BCUT2D eigenvalue weighted by Gasteiger charge is 2.10. The summed E-state index contributed by atoms with van der Waals surface area (Å²) in [6.07, 6.45) is 0.771. The van der Waals surface area contributed by atoms with Gasteiger partial charge < -0.3 is 5.73 Å². The summed E-state index contributed by atoms with van der Waals surface area (Å²) in [5, 5.41) is 11.4. The van der Waals surface area contributed by atoms with Crippen LogP contribution in [-0.2, 0) is 6.54 Å². The van der Waals surface area contributed by atoms with E-state index in [9.17, 15) is 4.39 Å². The van der Waals surface area contributed by atoms with Gasteiger partial charge in [0, 0.05) is 12.1 Å². The maximum absolute atomic E-state index is 13.0. The number of aromatic nitrogens is 4. The van der Waals surface area contributed by atoms with E-state index in [4.69, 9.17) is 17.3 Å². The quantitative estimate of drug-likeness (QED) is 0.898. The van der Waals surface area contributed by atoms with E-state index in [1.807, 2.05) is 0 Å². The molecular formula is C10H11ClFN5. The van der Waals surface area contributed by atoms with Crippen LogP contribution in [0, 0.1) is 5.82 Å². The highest BCUT2D eigenvalue weighted by molar-refractivity contribution is 6.31. The summed E-state index contributed by atoms with van der Waals surface area (Å²) < 4.78 is 14.7. The largest absolute Gasteiger partial charge is 0.330 e. The van der Waals surface area contributed by atoms with Crippen molar-refractivity contribution in [3.63, 3.8) is 0 Å². The topological polar surface area (TPSA) is 69.6 Å². The molecule has 0 unspecified atom stereocenters. The fraction of sp³-hybridized carbons (Fsp3) is 0.300. The van der Waals surface area contributed by atoms with Crippen LogP contribution in [0.15, 0.2) is 18.2 Å². The zero-order chi connectivity index (χ0) is 12.3. The lowest BCUT2D eigenvalue weighted by molar-refractivity contribution is 0.568. The van der Waals surface area contributed by atoms with Crippen LogP contribution in [0.3, 0.4) is 0 Å². The normalized spacial score (nSPS) is 10.8. The molecule has 0 atom stereocenters. The molecule has 0 amide bonds. The summed E-state index contributed by atoms with van der Waals surface area (Å²) in [6, 6.07) is 4.38. The summed E-state index contributed by atoms with van der Waals surface area (Å²) in [5.41, 5.74) is 6.10. The lowest BCUT2D eigenvalue weighted by Crippen LogP contribution is -2.08. The van der Waals surface area contributed by atoms with E-state index in [0.717, 1.165) is 6.42 Å². The van der Waals surface area contributed by atoms with E-state index < -0.39 is 5.82 Å². The minimum atomic E-state index is -0.462. The predicted molar refractivity (Wildman–Crippen MR) is 61.9 cm³/mol. The van der Waals surface area contributed by atoms with Gasteiger partial charge in [-0.3, -0.25) is 0 Å². The van der Waals surface area contributed by atoms with Crippen molar-refractivity contribution in [1.82, 2.24) is 20.2 Å². The highest BCUT2D eigenvalue weighted by Crippen LogP contribution is 2.22. The number of hydrogen-bond acceptors (Lipinski definition) is 4. The lowest BCUT2D eigenvalue weighted by atomic mass is 10.2. The maximum Gasteiger partial charge on any atom is 0.182 e. The molecular weight excluding hydrogens is 245 g/mol. The number of nitrogens with two attached hydrogens (primary N) is 1. The lowest BCUT2D eigenvalue weighted by Gasteiger charge is -2.04. The van der Waals surface area contributed by atoms with Gasteiger partial charge in [-0.1, -0.05) is 11.6 Å². The minimum absolute atomic E-state index is 0.0517. The molecule has 2 N–H and O–H groups in total. The second kappa shape index (κ2) is 5.20. The van der Waals surface area contributed by atoms with Crippen LogP contribution in [0.2, 0.25) is 5.02 Å². The van der Waals surface area contributed by atoms with E-state index in [0.29, 0.717) is 24.5 Å². The molecule has 7 heteroatoms. The molecule has 1 heterocycles. The number of hydrogen-bond donors (Lipinski definition) is 1. The number of nitrogens with zero attached hydrogens (tertiary/aromatic N) is 4. The second-order valence-corrected chi connectivity index (χ2v) is 3.90. The van der Waals surface area contributed by atoms with Crippen molar-refractivity contribution < 1.29 is 4.39 Å². The number of aryl methyl sites for hydroxylation is 1. The van der Waals surface area contributed by atoms with Crippen LogP contribution in [0.1, 0.15) is 6.42 Å². The van der Waals surface area contributed by atoms with Crippen molar-refractivity contribution >= 4 is 11.6 Å². The Bertz CT molecular complexity index is 513. The zero-order valence-corrected chi connectivity index (χ0v) is 9.73. The Hall–Kier alpha value is -1.53. The van der Waals surface area contributed by atoms with Crippen molar-refractivity contribution in [2.45, 2.75) is 13.0 Å². The second-order valence-electron chi connectivity index (χ2n) is 3.50. The number of tetrazole rings is 1. The van der Waals surface area contributed by atoms with Gasteiger partial charge in [-0.05, 0) is 41.6 Å². The van der Waals surface area contributed by atoms with E-state index >= 15 is 0 Å². The first-order chi connectivity index (χ1) is 8.22. The Labute approximate surface area is 102 Å². The van der Waals surface area contributed by atoms with Crippen LogP contribution < -0.4 is 5.73 Å². The molecule has 1 aromatic carbocycles. The Morgan fingerprint density at radius 2 is 2.24 bits per heavy atom. The summed E-state index contributed by atoms with van der Waals surface area (Å²) in [7, 11) is 0. The fourth-order valence-electron chi connectivity index (χ4n) is 1.44. The Morgan fingerprint density at radius 1 is 1.41 bits per heavy atom. The van der Waals surface area contributed by atoms with Gasteiger partial charge in [-0.25, -0.2) is 9.07 Å². The third-order valence-electron chi connectivity index (χ3n) is 2.28. The summed E-state index contributed by atoms with van der Waals surface area (Å²) in [5.74, 6) is 0.0942. The third kappa shape index (κ3) is 2.59. The van der Waals surface area contributed by atoms with Gasteiger partial charge >= 0.3 is 0 Å². The zero-order valence-electron chi connectivity index (χ0n) is 8.98. The molecule has 17 heavy (non-hydrogen) atoms. The van der Waals surface area contributed by atoms with Crippen molar-refractivity contribution in [2.24, 2.45) is 5.73 Å². The molecule has 0 fully saturated rings. The molecule has 0 saturated heterocycles. The van der Waals surface area contributed by atoms with Crippen LogP contribution in [0.5, 0.6) is 0 Å². The van der Waals surface area contributed by atoms with E-state index in [-0.39, 0.29) is 5.02 Å². The van der Waals surface area contributed by atoms with Gasteiger partial charge in [-0.2, -0.15) is 0 Å². The Morgan fingerprint density at radius 3 is 2.94 bits per heavy atom. The van der Waals surface area contributed by atoms with Gasteiger partial charge in [-0.15, -0.1) is 5.10 Å². The Kier molecular flexibility index (Phi) is 3.65. The maximum atomic E-state index is 13.0. The monoisotopic (exact) mass is 255 g/mol. The van der Waals surface area contributed by atoms with Crippen LogP contribution in [-0.4, -0.2) is 26.8 Å². The molecule has 0 aliphatic rings. The summed E-state index contributed by atoms with van der Waals surface area (Å²) in [4.78, 5) is 0. The smallest absolute Gasteiger partial charge is 0.182 e. The molecule has 0 bridgehead atoms. The van der Waals surface area contributed by atoms with Crippen LogP contribution >= 0.6 is 11.6 Å². The molecule has 0 spiro atoms. The average molecular weight is 256 g/mol. The molecule has 5 nitrogen and oxygen atoms in total. The fourth-order valence-corrected chi connectivity index (χ4v) is 1.62. The van der Waals surface area contributed by atoms with Gasteiger partial charge in [0.2, 0.25) is 0 Å². The Balaban J connectivity index is 2.32. The van der Waals surface area contributed by atoms with Gasteiger partial charge in [0.25, 0.3) is 0 Å². The molecule has 90 valence electrons. The SMILES string of the molecule is NCCCn1nnnc1-c1ccc(F)c(Cl)c1. The van der Waals surface area contributed by atoms with Crippen LogP contribution in [0.25, 0.3) is 11.4 Å². The highest BCUT2D eigenvalue weighted by atomic mass is 35.5. The molecule has 2 aromatic rings. The molecule has 0 radical (unpaired) electrons. The first-order valence-corrected chi connectivity index (χ1v) is 5.52.